The maximum Gasteiger partial charge on any atom is 0.266 e. The molecule has 1 heterocycles. The van der Waals surface area contributed by atoms with Crippen LogP contribution in [-0.2, 0) is 6.54 Å². The van der Waals surface area contributed by atoms with Crippen LogP contribution >= 0.6 is 0 Å². The van der Waals surface area contributed by atoms with Crippen molar-refractivity contribution in [3.8, 4) is 5.88 Å². The van der Waals surface area contributed by atoms with Crippen LogP contribution in [-0.4, -0.2) is 64.1 Å². The Kier molecular flexibility index (Phi) is 16.1. The highest BCUT2D eigenvalue weighted by Gasteiger charge is 2.26. The summed E-state index contributed by atoms with van der Waals surface area (Å²) in [5, 5.41) is 25.9. The summed E-state index contributed by atoms with van der Waals surface area (Å²) in [7, 11) is 0. The first-order chi connectivity index (χ1) is 21.9. The number of aromatic hydroxyl groups is 1. The Morgan fingerprint density at radius 3 is 2.35 bits per heavy atom. The third kappa shape index (κ3) is 10.5. The van der Waals surface area contributed by atoms with Crippen molar-refractivity contribution in [3.05, 3.63) is 51.3 Å². The number of carbonyl (C=O) groups is 2. The number of azo groups is 1. The number of benzene rings is 1. The lowest BCUT2D eigenvalue weighted by atomic mass is 9.93. The second-order valence-electron chi connectivity index (χ2n) is 12.3. The average molecular weight is 640 g/mol. The average Bonchev–Trinajstić information content (AvgIpc) is 3.01. The minimum Gasteiger partial charge on any atom is -0.493 e. The number of nitrogens with two attached hydrogens (primary N) is 1. The number of rotatable bonds is 19. The first kappa shape index (κ1) is 38.6. The third-order valence-corrected chi connectivity index (χ3v) is 8.37. The first-order valence-electron chi connectivity index (χ1n) is 17.0. The fourth-order valence-corrected chi connectivity index (χ4v) is 5.56. The van der Waals surface area contributed by atoms with E-state index in [2.05, 4.69) is 48.6 Å². The van der Waals surface area contributed by atoms with E-state index >= 15 is 0 Å². The van der Waals surface area contributed by atoms with Gasteiger partial charge in [-0.15, -0.1) is 5.11 Å². The van der Waals surface area contributed by atoms with Crippen LogP contribution in [0.2, 0.25) is 0 Å². The van der Waals surface area contributed by atoms with E-state index in [0.29, 0.717) is 24.3 Å². The van der Waals surface area contributed by atoms with E-state index in [4.69, 9.17) is 5.73 Å². The molecule has 0 spiro atoms. The lowest BCUT2D eigenvalue weighted by Gasteiger charge is -2.33. The second-order valence-corrected chi connectivity index (χ2v) is 12.3. The topological polar surface area (TPSA) is 154 Å². The SMILES string of the molecule is CCCCNC(CC)CN(CC(CC)C(N)CCC)C(=O)c1cccc(/N=N\c2c(C)c(C(=O)NC(C)C)c(=O)n(CC)c2O)c1. The van der Waals surface area contributed by atoms with Gasteiger partial charge in [-0.1, -0.05) is 53.0 Å². The number of carbonyl (C=O) groups excluding carboxylic acids is 2. The Hall–Kier alpha value is -3.57. The number of hydrogen-bond donors (Lipinski definition) is 4. The molecular weight excluding hydrogens is 582 g/mol. The van der Waals surface area contributed by atoms with Crippen LogP contribution < -0.4 is 21.9 Å². The van der Waals surface area contributed by atoms with Crippen molar-refractivity contribution >= 4 is 23.2 Å². The van der Waals surface area contributed by atoms with Crippen molar-refractivity contribution in [3.63, 3.8) is 0 Å². The maximum absolute atomic E-state index is 14.1. The number of nitrogens with one attached hydrogen (secondary N) is 2. The number of amides is 2. The summed E-state index contributed by atoms with van der Waals surface area (Å²) in [5.41, 5.74) is 6.99. The summed E-state index contributed by atoms with van der Waals surface area (Å²) >= 11 is 0. The van der Waals surface area contributed by atoms with Gasteiger partial charge in [0.2, 0.25) is 5.88 Å². The van der Waals surface area contributed by atoms with Crippen LogP contribution in [0.1, 0.15) is 113 Å². The number of hydrogen-bond acceptors (Lipinski definition) is 8. The molecule has 1 aromatic carbocycles. The van der Waals surface area contributed by atoms with Gasteiger partial charge in [0.15, 0.2) is 0 Å². The Morgan fingerprint density at radius 1 is 1.04 bits per heavy atom. The van der Waals surface area contributed by atoms with Gasteiger partial charge in [-0.05, 0) is 77.6 Å². The minimum atomic E-state index is -0.596. The van der Waals surface area contributed by atoms with Gasteiger partial charge in [-0.2, -0.15) is 5.11 Å². The number of aromatic nitrogens is 1. The highest BCUT2D eigenvalue weighted by atomic mass is 16.3. The molecular formula is C35H57N7O4. The monoisotopic (exact) mass is 639 g/mol. The van der Waals surface area contributed by atoms with Gasteiger partial charge in [0.05, 0.1) is 5.69 Å². The second kappa shape index (κ2) is 19.2. The van der Waals surface area contributed by atoms with Crippen molar-refractivity contribution in [1.29, 1.82) is 0 Å². The first-order valence-corrected chi connectivity index (χ1v) is 17.0. The zero-order valence-corrected chi connectivity index (χ0v) is 29.2. The highest BCUT2D eigenvalue weighted by molar-refractivity contribution is 5.97. The fraction of sp³-hybridized carbons (Fsp3) is 0.629. The Balaban J connectivity index is 2.49. The molecule has 0 aliphatic rings. The Morgan fingerprint density at radius 2 is 1.76 bits per heavy atom. The van der Waals surface area contributed by atoms with Gasteiger partial charge < -0.3 is 26.4 Å². The summed E-state index contributed by atoms with van der Waals surface area (Å²) in [6.07, 6.45) is 5.83. The third-order valence-electron chi connectivity index (χ3n) is 8.37. The van der Waals surface area contributed by atoms with Crippen LogP contribution in [0.4, 0.5) is 11.4 Å². The summed E-state index contributed by atoms with van der Waals surface area (Å²) in [6, 6.07) is 6.88. The lowest BCUT2D eigenvalue weighted by Crippen LogP contribution is -2.48. The molecule has 5 N–H and O–H groups in total. The molecule has 0 bridgehead atoms. The molecule has 2 rings (SSSR count). The standard InChI is InChI=1S/C35H57N7O4/c1-9-14-19-37-27(12-4)22-41(21-25(11-3)29(36)16-10-2)33(44)26-17-15-18-28(20-26)39-40-31-24(8)30(32(43)38-23(6)7)34(45)42(13-5)35(31)46/h15,17-18,20,23,25,27,29,37,46H,9-14,16,19,21-22,36H2,1-8H3,(H,38,43)/b40-39-. The van der Waals surface area contributed by atoms with Gasteiger partial charge in [-0.25, -0.2) is 0 Å². The minimum absolute atomic E-state index is 0.00776. The van der Waals surface area contributed by atoms with Crippen molar-refractivity contribution in [2.45, 2.75) is 119 Å². The summed E-state index contributed by atoms with van der Waals surface area (Å²) in [6.45, 7) is 17.6. The Labute approximate surface area is 275 Å². The molecule has 0 fully saturated rings. The summed E-state index contributed by atoms with van der Waals surface area (Å²) < 4.78 is 1.10. The molecule has 0 saturated carbocycles. The van der Waals surface area contributed by atoms with Crippen molar-refractivity contribution in [2.75, 3.05) is 19.6 Å². The molecule has 0 saturated heterocycles. The summed E-state index contributed by atoms with van der Waals surface area (Å²) in [4.78, 5) is 41.9. The van der Waals surface area contributed by atoms with Crippen LogP contribution in [0, 0.1) is 12.8 Å². The zero-order valence-electron chi connectivity index (χ0n) is 29.2. The molecule has 3 unspecified atom stereocenters. The van der Waals surface area contributed by atoms with Crippen LogP contribution in [0.3, 0.4) is 0 Å². The molecule has 11 nitrogen and oxygen atoms in total. The van der Waals surface area contributed by atoms with Gasteiger partial charge >= 0.3 is 0 Å². The highest BCUT2D eigenvalue weighted by Crippen LogP contribution is 2.32. The summed E-state index contributed by atoms with van der Waals surface area (Å²) in [5.74, 6) is -0.853. The molecule has 0 aliphatic carbocycles. The van der Waals surface area contributed by atoms with Crippen molar-refractivity contribution in [2.24, 2.45) is 21.9 Å². The van der Waals surface area contributed by atoms with Crippen LogP contribution in [0.15, 0.2) is 39.3 Å². The quantitative estimate of drug-likeness (QED) is 0.106. The number of nitrogens with zero attached hydrogens (tertiary/aromatic N) is 4. The van der Waals surface area contributed by atoms with E-state index in [-0.39, 0.29) is 59.2 Å². The molecule has 3 atom stereocenters. The van der Waals surface area contributed by atoms with E-state index < -0.39 is 11.5 Å². The number of pyridine rings is 1. The van der Waals surface area contributed by atoms with Gasteiger partial charge in [0, 0.05) is 48.9 Å². The molecule has 0 aliphatic heterocycles. The molecule has 0 radical (unpaired) electrons. The fourth-order valence-electron chi connectivity index (χ4n) is 5.56. The van der Waals surface area contributed by atoms with Gasteiger partial charge in [0.1, 0.15) is 11.3 Å². The molecule has 1 aromatic heterocycles. The van der Waals surface area contributed by atoms with E-state index in [9.17, 15) is 19.5 Å². The van der Waals surface area contributed by atoms with Crippen LogP contribution in [0.25, 0.3) is 0 Å². The molecule has 2 amide bonds. The molecule has 256 valence electrons. The van der Waals surface area contributed by atoms with Crippen molar-refractivity contribution in [1.82, 2.24) is 20.1 Å². The maximum atomic E-state index is 14.1. The van der Waals surface area contributed by atoms with Gasteiger partial charge in [0.25, 0.3) is 17.4 Å². The van der Waals surface area contributed by atoms with Crippen LogP contribution in [0.5, 0.6) is 5.88 Å². The van der Waals surface area contributed by atoms with Crippen molar-refractivity contribution < 1.29 is 14.7 Å². The normalized spacial score (nSPS) is 13.6. The molecule has 46 heavy (non-hydrogen) atoms. The largest absolute Gasteiger partial charge is 0.493 e. The smallest absolute Gasteiger partial charge is 0.266 e. The van der Waals surface area contributed by atoms with E-state index in [1.807, 2.05) is 4.90 Å². The van der Waals surface area contributed by atoms with E-state index in [1.165, 1.54) is 0 Å². The van der Waals surface area contributed by atoms with E-state index in [0.717, 1.165) is 49.6 Å². The number of unbranched alkanes of at least 4 members (excludes halogenated alkanes) is 1. The van der Waals surface area contributed by atoms with E-state index in [1.54, 1.807) is 52.0 Å². The predicted molar refractivity (Wildman–Crippen MR) is 186 cm³/mol. The molecule has 11 heteroatoms. The lowest BCUT2D eigenvalue weighted by molar-refractivity contribution is 0.0694. The van der Waals surface area contributed by atoms with Gasteiger partial charge in [-0.3, -0.25) is 19.0 Å². The predicted octanol–water partition coefficient (Wildman–Crippen LogP) is 6.20. The molecule has 2 aromatic rings. The zero-order chi connectivity index (χ0) is 34.4. The Bertz CT molecular complexity index is 1370.